The van der Waals surface area contributed by atoms with E-state index in [-0.39, 0.29) is 31.1 Å². The number of carbonyl (C=O) groups is 3. The number of esters is 3. The van der Waals surface area contributed by atoms with Crippen LogP contribution in [0.3, 0.4) is 0 Å². The van der Waals surface area contributed by atoms with Gasteiger partial charge in [-0.05, 0) is 135 Å². The summed E-state index contributed by atoms with van der Waals surface area (Å²) in [6.45, 7) is 6.35. The van der Waals surface area contributed by atoms with Gasteiger partial charge in [0, 0.05) is 19.3 Å². The maximum atomic E-state index is 12.9. The molecule has 0 fully saturated rings. The van der Waals surface area contributed by atoms with Crippen LogP contribution < -0.4 is 0 Å². The highest BCUT2D eigenvalue weighted by atomic mass is 16.6. The average molecular weight is 1090 g/mol. The molecule has 0 aromatic heterocycles. The highest BCUT2D eigenvalue weighted by Gasteiger charge is 2.19. The van der Waals surface area contributed by atoms with Crippen LogP contribution in [0.2, 0.25) is 0 Å². The Kier molecular flexibility index (Phi) is 61.9. The van der Waals surface area contributed by atoms with E-state index in [9.17, 15) is 14.4 Å². The summed E-state index contributed by atoms with van der Waals surface area (Å²) in [4.78, 5) is 38.3. The maximum absolute atomic E-state index is 12.9. The maximum Gasteiger partial charge on any atom is 0.306 e. The first-order chi connectivity index (χ1) is 39.0. The predicted molar refractivity (Wildman–Crippen MR) is 343 cm³/mol. The zero-order chi connectivity index (χ0) is 57.1. The second-order valence-corrected chi connectivity index (χ2v) is 20.9. The molecule has 1 unspecified atom stereocenters. The van der Waals surface area contributed by atoms with E-state index in [0.717, 1.165) is 161 Å². The summed E-state index contributed by atoms with van der Waals surface area (Å²) in [6.07, 6.45) is 94.2. The van der Waals surface area contributed by atoms with Gasteiger partial charge in [0.05, 0.1) is 0 Å². The van der Waals surface area contributed by atoms with Gasteiger partial charge in [0.1, 0.15) is 13.2 Å². The summed E-state index contributed by atoms with van der Waals surface area (Å²) >= 11 is 0. The third-order valence-electron chi connectivity index (χ3n) is 13.3. The lowest BCUT2D eigenvalue weighted by Crippen LogP contribution is -2.30. The Balaban J connectivity index is 4.36. The van der Waals surface area contributed by atoms with Crippen LogP contribution in [0.5, 0.6) is 0 Å². The molecule has 6 heteroatoms. The minimum absolute atomic E-state index is 0.0948. The Morgan fingerprint density at radius 1 is 0.266 bits per heavy atom. The number of ether oxygens (including phenoxy) is 3. The first kappa shape index (κ1) is 74.3. The number of allylic oxidation sites excluding steroid dienone is 24. The van der Waals surface area contributed by atoms with E-state index in [1.54, 1.807) is 0 Å². The van der Waals surface area contributed by atoms with E-state index in [1.807, 2.05) is 0 Å². The molecule has 446 valence electrons. The van der Waals surface area contributed by atoms with Crippen molar-refractivity contribution in [1.29, 1.82) is 0 Å². The van der Waals surface area contributed by atoms with E-state index in [0.29, 0.717) is 19.3 Å². The predicted octanol–water partition coefficient (Wildman–Crippen LogP) is 22.3. The Hall–Kier alpha value is -4.71. The molecule has 0 N–H and O–H groups in total. The normalized spacial score (nSPS) is 13.1. The molecule has 0 radical (unpaired) electrons. The molecule has 0 saturated heterocycles. The van der Waals surface area contributed by atoms with Gasteiger partial charge in [-0.1, -0.05) is 269 Å². The molecule has 0 bridgehead atoms. The summed E-state index contributed by atoms with van der Waals surface area (Å²) in [5.41, 5.74) is 0. The van der Waals surface area contributed by atoms with Gasteiger partial charge >= 0.3 is 17.9 Å². The largest absolute Gasteiger partial charge is 0.462 e. The molecule has 0 spiro atoms. The second kappa shape index (κ2) is 65.8. The van der Waals surface area contributed by atoms with Crippen molar-refractivity contribution in [3.05, 3.63) is 146 Å². The van der Waals surface area contributed by atoms with Crippen LogP contribution in [0.4, 0.5) is 0 Å². The summed E-state index contributed by atoms with van der Waals surface area (Å²) in [6, 6.07) is 0. The topological polar surface area (TPSA) is 78.9 Å². The van der Waals surface area contributed by atoms with Gasteiger partial charge in [-0.25, -0.2) is 0 Å². The third kappa shape index (κ3) is 64.0. The molecule has 0 rings (SSSR count). The molecule has 79 heavy (non-hydrogen) atoms. The molecule has 1 atom stereocenters. The van der Waals surface area contributed by atoms with Crippen molar-refractivity contribution in [2.45, 2.75) is 284 Å². The number of rotatable bonds is 57. The zero-order valence-corrected chi connectivity index (χ0v) is 51.1. The Morgan fingerprint density at radius 3 is 0.785 bits per heavy atom. The highest BCUT2D eigenvalue weighted by molar-refractivity contribution is 5.71. The Labute approximate surface area is 487 Å². The lowest BCUT2D eigenvalue weighted by Gasteiger charge is -2.18. The van der Waals surface area contributed by atoms with Gasteiger partial charge in [-0.2, -0.15) is 0 Å². The van der Waals surface area contributed by atoms with E-state index >= 15 is 0 Å². The van der Waals surface area contributed by atoms with Crippen LogP contribution in [-0.4, -0.2) is 37.2 Å². The van der Waals surface area contributed by atoms with Gasteiger partial charge in [0.2, 0.25) is 0 Å². The fourth-order valence-corrected chi connectivity index (χ4v) is 8.51. The first-order valence-corrected chi connectivity index (χ1v) is 32.3. The molecule has 0 heterocycles. The van der Waals surface area contributed by atoms with Gasteiger partial charge in [0.25, 0.3) is 0 Å². The van der Waals surface area contributed by atoms with Crippen molar-refractivity contribution in [2.24, 2.45) is 0 Å². The van der Waals surface area contributed by atoms with Gasteiger partial charge in [0.15, 0.2) is 6.10 Å². The van der Waals surface area contributed by atoms with Crippen LogP contribution in [-0.2, 0) is 28.6 Å². The second-order valence-electron chi connectivity index (χ2n) is 20.9. The molecule has 0 aromatic rings. The SMILES string of the molecule is CC/C=C\C/C=C\C/C=C\C/C=C\C/C=C\C/C=C\C/C=C\CCCCCCCC(=O)OCC(COC(=O)CCCCCCC/C=C\CCCC)OC(=O)CCCCCCCCCCCC/C=C\C/C=C\C/C=C\C/C=C\CC. The fourth-order valence-electron chi connectivity index (χ4n) is 8.51. The van der Waals surface area contributed by atoms with Crippen molar-refractivity contribution >= 4 is 17.9 Å². The monoisotopic (exact) mass is 1090 g/mol. The smallest absolute Gasteiger partial charge is 0.306 e. The molecule has 0 saturated carbocycles. The van der Waals surface area contributed by atoms with Gasteiger partial charge in [-0.15, -0.1) is 0 Å². The van der Waals surface area contributed by atoms with Crippen LogP contribution in [0.15, 0.2) is 146 Å². The number of hydrogen-bond donors (Lipinski definition) is 0. The highest BCUT2D eigenvalue weighted by Crippen LogP contribution is 2.15. The van der Waals surface area contributed by atoms with Crippen molar-refractivity contribution in [2.75, 3.05) is 13.2 Å². The zero-order valence-electron chi connectivity index (χ0n) is 51.1. The third-order valence-corrected chi connectivity index (χ3v) is 13.3. The van der Waals surface area contributed by atoms with Gasteiger partial charge in [-0.3, -0.25) is 14.4 Å². The van der Waals surface area contributed by atoms with Crippen LogP contribution in [0.25, 0.3) is 0 Å². The van der Waals surface area contributed by atoms with Crippen molar-refractivity contribution in [3.63, 3.8) is 0 Å². The Bertz CT molecular complexity index is 1730. The van der Waals surface area contributed by atoms with E-state index in [4.69, 9.17) is 14.2 Å². The lowest BCUT2D eigenvalue weighted by molar-refractivity contribution is -0.167. The van der Waals surface area contributed by atoms with Crippen molar-refractivity contribution < 1.29 is 28.6 Å². The standard InChI is InChI=1S/C73H118O6/c1-4-7-10-13-16-19-22-24-26-28-30-32-34-35-36-37-39-40-42-44-46-48-51-54-57-60-63-66-72(75)78-69-70(68-77-71(74)65-62-59-56-53-50-21-18-15-12-9-6-3)79-73(76)67-64-61-58-55-52-49-47-45-43-41-38-33-31-29-27-25-23-20-17-14-11-8-5-2/h7-8,10-11,15-20,24-27,30-33,35-36,39-40,44,46,70H,4-6,9,12-14,21-23,28-29,34,37-38,41-43,45,47-69H2,1-3H3/b10-7-,11-8-,18-15-,19-16-,20-17-,26-24-,27-25-,32-30-,33-31-,36-35-,40-39-,46-44-. The van der Waals surface area contributed by atoms with E-state index < -0.39 is 6.10 Å². The molecule has 0 aromatic carbocycles. The van der Waals surface area contributed by atoms with Crippen LogP contribution in [0.1, 0.15) is 278 Å². The average Bonchev–Trinajstić information content (AvgIpc) is 3.45. The minimum atomic E-state index is -0.799. The number of unbranched alkanes of at least 4 members (excludes halogenated alkanes) is 22. The van der Waals surface area contributed by atoms with Gasteiger partial charge < -0.3 is 14.2 Å². The van der Waals surface area contributed by atoms with E-state index in [1.165, 1.54) is 77.0 Å². The number of carbonyl (C=O) groups excluding carboxylic acids is 3. The molecular formula is C73H118O6. The van der Waals surface area contributed by atoms with Crippen molar-refractivity contribution in [3.8, 4) is 0 Å². The van der Waals surface area contributed by atoms with Crippen LogP contribution >= 0.6 is 0 Å². The number of hydrogen-bond acceptors (Lipinski definition) is 6. The molecule has 0 aliphatic carbocycles. The Morgan fingerprint density at radius 2 is 0.494 bits per heavy atom. The summed E-state index contributed by atoms with van der Waals surface area (Å²) in [5, 5.41) is 0. The summed E-state index contributed by atoms with van der Waals surface area (Å²) in [7, 11) is 0. The molecular weight excluding hydrogens is 973 g/mol. The summed E-state index contributed by atoms with van der Waals surface area (Å²) < 4.78 is 16.9. The molecule has 0 aliphatic heterocycles. The summed E-state index contributed by atoms with van der Waals surface area (Å²) in [5.74, 6) is -0.928. The molecule has 0 aliphatic rings. The fraction of sp³-hybridized carbons (Fsp3) is 0.630. The lowest BCUT2D eigenvalue weighted by atomic mass is 10.0. The molecule has 0 amide bonds. The van der Waals surface area contributed by atoms with Crippen molar-refractivity contribution in [1.82, 2.24) is 0 Å². The first-order valence-electron chi connectivity index (χ1n) is 32.3. The minimum Gasteiger partial charge on any atom is -0.462 e. The quantitative estimate of drug-likeness (QED) is 0.0261. The van der Waals surface area contributed by atoms with Crippen LogP contribution in [0, 0.1) is 0 Å². The van der Waals surface area contributed by atoms with E-state index in [2.05, 4.69) is 167 Å². The molecule has 6 nitrogen and oxygen atoms in total.